The number of amides is 2. The quantitative estimate of drug-likeness (QED) is 0.834. The van der Waals surface area contributed by atoms with Gasteiger partial charge in [-0.05, 0) is 25.1 Å². The molecule has 1 aromatic carbocycles. The number of anilines is 1. The Kier molecular flexibility index (Phi) is 6.04. The van der Waals surface area contributed by atoms with Crippen LogP contribution in [0.4, 0.5) is 5.69 Å². The number of piperazine rings is 1. The van der Waals surface area contributed by atoms with Gasteiger partial charge in [-0.25, -0.2) is 0 Å². The maximum absolute atomic E-state index is 12.8. The third kappa shape index (κ3) is 4.19. The van der Waals surface area contributed by atoms with Crippen LogP contribution in [0, 0.1) is 0 Å². The Hall–Kier alpha value is -1.92. The van der Waals surface area contributed by atoms with Crippen LogP contribution in [0.5, 0.6) is 0 Å². The first-order valence-electron chi connectivity index (χ1n) is 9.29. The summed E-state index contributed by atoms with van der Waals surface area (Å²) in [6, 6.07) is 9.72. The van der Waals surface area contributed by atoms with Crippen molar-refractivity contribution in [2.45, 2.75) is 25.8 Å². The van der Waals surface area contributed by atoms with Gasteiger partial charge in [0.05, 0.1) is 6.04 Å². The van der Waals surface area contributed by atoms with E-state index in [4.69, 9.17) is 0 Å². The van der Waals surface area contributed by atoms with Gasteiger partial charge < -0.3 is 15.1 Å². The van der Waals surface area contributed by atoms with Crippen LogP contribution in [0.25, 0.3) is 0 Å². The van der Waals surface area contributed by atoms with E-state index in [0.717, 1.165) is 51.4 Å². The normalized spacial score (nSPS) is 21.2. The van der Waals surface area contributed by atoms with Crippen molar-refractivity contribution in [3.8, 4) is 0 Å². The average Bonchev–Trinajstić information content (AvgIpc) is 3.05. The largest absolute Gasteiger partial charge is 0.340 e. The van der Waals surface area contributed by atoms with Crippen molar-refractivity contribution < 1.29 is 9.59 Å². The van der Waals surface area contributed by atoms with Crippen LogP contribution in [0.3, 0.4) is 0 Å². The molecular weight excluding hydrogens is 316 g/mol. The SMILES string of the molecule is CCN(CCC(=O)N1CCNCC1)C1CCN(c2ccccc2)C1=O. The summed E-state index contributed by atoms with van der Waals surface area (Å²) in [5.41, 5.74) is 0.961. The number of rotatable bonds is 6. The van der Waals surface area contributed by atoms with E-state index < -0.39 is 0 Å². The zero-order chi connectivity index (χ0) is 17.6. The number of likely N-dealkylation sites (N-methyl/N-ethyl adjacent to an activating group) is 1. The summed E-state index contributed by atoms with van der Waals surface area (Å²) in [6.45, 7) is 7.56. The van der Waals surface area contributed by atoms with Crippen molar-refractivity contribution in [3.63, 3.8) is 0 Å². The average molecular weight is 344 g/mol. The van der Waals surface area contributed by atoms with Crippen molar-refractivity contribution in [1.82, 2.24) is 15.1 Å². The summed E-state index contributed by atoms with van der Waals surface area (Å²) in [7, 11) is 0. The molecule has 6 nitrogen and oxygen atoms in total. The second-order valence-corrected chi connectivity index (χ2v) is 6.64. The first-order chi connectivity index (χ1) is 12.2. The molecule has 2 aliphatic rings. The standard InChI is InChI=1S/C19H28N4O2/c1-2-21(12-9-18(24)22-14-10-20-11-15-22)17-8-13-23(19(17)25)16-6-4-3-5-7-16/h3-7,17,20H,2,8-15H2,1H3. The lowest BCUT2D eigenvalue weighted by Crippen LogP contribution is -2.48. The fourth-order valence-electron chi connectivity index (χ4n) is 3.71. The fourth-order valence-corrected chi connectivity index (χ4v) is 3.71. The maximum atomic E-state index is 12.8. The third-order valence-corrected chi connectivity index (χ3v) is 5.17. The monoisotopic (exact) mass is 344 g/mol. The Morgan fingerprint density at radius 3 is 2.60 bits per heavy atom. The van der Waals surface area contributed by atoms with Crippen LogP contribution in [0.15, 0.2) is 30.3 Å². The Balaban J connectivity index is 1.56. The number of hydrogen-bond donors (Lipinski definition) is 1. The molecule has 0 aliphatic carbocycles. The van der Waals surface area contributed by atoms with Gasteiger partial charge in [0.15, 0.2) is 0 Å². The van der Waals surface area contributed by atoms with Crippen LogP contribution in [-0.2, 0) is 9.59 Å². The summed E-state index contributed by atoms with van der Waals surface area (Å²) in [5, 5.41) is 3.26. The van der Waals surface area contributed by atoms with E-state index in [2.05, 4.69) is 17.1 Å². The highest BCUT2D eigenvalue weighted by atomic mass is 16.2. The summed E-state index contributed by atoms with van der Waals surface area (Å²) < 4.78 is 0. The minimum Gasteiger partial charge on any atom is -0.340 e. The van der Waals surface area contributed by atoms with E-state index in [0.29, 0.717) is 13.0 Å². The molecule has 0 radical (unpaired) electrons. The summed E-state index contributed by atoms with van der Waals surface area (Å²) in [6.07, 6.45) is 1.31. The Morgan fingerprint density at radius 1 is 1.20 bits per heavy atom. The molecule has 6 heteroatoms. The zero-order valence-electron chi connectivity index (χ0n) is 15.0. The molecule has 1 aromatic rings. The van der Waals surface area contributed by atoms with E-state index in [9.17, 15) is 9.59 Å². The minimum atomic E-state index is -0.110. The van der Waals surface area contributed by atoms with Gasteiger partial charge in [-0.15, -0.1) is 0 Å². The summed E-state index contributed by atoms with van der Waals surface area (Å²) >= 11 is 0. The van der Waals surface area contributed by atoms with Gasteiger partial charge in [0.2, 0.25) is 11.8 Å². The van der Waals surface area contributed by atoms with Crippen LogP contribution in [-0.4, -0.2) is 73.5 Å². The molecule has 2 heterocycles. The predicted octanol–water partition coefficient (Wildman–Crippen LogP) is 0.936. The first-order valence-corrected chi connectivity index (χ1v) is 9.29. The van der Waals surface area contributed by atoms with E-state index in [1.807, 2.05) is 40.1 Å². The Labute approximate surface area is 149 Å². The number of nitrogens with one attached hydrogen (secondary N) is 1. The molecule has 2 saturated heterocycles. The van der Waals surface area contributed by atoms with Crippen molar-refractivity contribution in [3.05, 3.63) is 30.3 Å². The van der Waals surface area contributed by atoms with E-state index >= 15 is 0 Å². The minimum absolute atomic E-state index is 0.110. The van der Waals surface area contributed by atoms with Crippen molar-refractivity contribution >= 4 is 17.5 Å². The number of hydrogen-bond acceptors (Lipinski definition) is 4. The Bertz CT molecular complexity index is 586. The first kappa shape index (κ1) is 17.9. The molecule has 1 N–H and O–H groups in total. The van der Waals surface area contributed by atoms with Crippen molar-refractivity contribution in [1.29, 1.82) is 0 Å². The number of nitrogens with zero attached hydrogens (tertiary/aromatic N) is 3. The molecule has 136 valence electrons. The second-order valence-electron chi connectivity index (χ2n) is 6.64. The molecule has 25 heavy (non-hydrogen) atoms. The highest BCUT2D eigenvalue weighted by Crippen LogP contribution is 2.24. The lowest BCUT2D eigenvalue weighted by atomic mass is 10.2. The van der Waals surface area contributed by atoms with Gasteiger partial charge >= 0.3 is 0 Å². The summed E-state index contributed by atoms with van der Waals surface area (Å²) in [4.78, 5) is 31.2. The van der Waals surface area contributed by atoms with Crippen molar-refractivity contribution in [2.75, 3.05) is 50.7 Å². The second kappa shape index (κ2) is 8.45. The fraction of sp³-hybridized carbons (Fsp3) is 0.579. The van der Waals surface area contributed by atoms with Gasteiger partial charge in [-0.1, -0.05) is 25.1 Å². The van der Waals surface area contributed by atoms with Crippen molar-refractivity contribution in [2.24, 2.45) is 0 Å². The van der Waals surface area contributed by atoms with Gasteiger partial charge in [0.1, 0.15) is 0 Å². The zero-order valence-corrected chi connectivity index (χ0v) is 15.0. The Morgan fingerprint density at radius 2 is 1.92 bits per heavy atom. The van der Waals surface area contributed by atoms with Crippen LogP contribution in [0.2, 0.25) is 0 Å². The van der Waals surface area contributed by atoms with Crippen LogP contribution >= 0.6 is 0 Å². The molecule has 0 aromatic heterocycles. The van der Waals surface area contributed by atoms with E-state index in [-0.39, 0.29) is 17.9 Å². The molecule has 0 spiro atoms. The molecule has 2 fully saturated rings. The highest BCUT2D eigenvalue weighted by Gasteiger charge is 2.36. The molecule has 0 bridgehead atoms. The molecule has 1 atom stereocenters. The third-order valence-electron chi connectivity index (χ3n) is 5.17. The molecule has 2 aliphatic heterocycles. The number of benzene rings is 1. The molecule has 3 rings (SSSR count). The summed E-state index contributed by atoms with van der Waals surface area (Å²) in [5.74, 6) is 0.355. The topological polar surface area (TPSA) is 55.9 Å². The number of para-hydroxylation sites is 1. The molecular formula is C19H28N4O2. The molecule has 1 unspecified atom stereocenters. The van der Waals surface area contributed by atoms with Gasteiger partial charge in [-0.3, -0.25) is 14.5 Å². The molecule has 2 amide bonds. The van der Waals surface area contributed by atoms with E-state index in [1.54, 1.807) is 0 Å². The van der Waals surface area contributed by atoms with Crippen LogP contribution < -0.4 is 10.2 Å². The van der Waals surface area contributed by atoms with Gasteiger partial charge in [0, 0.05) is 51.4 Å². The van der Waals surface area contributed by atoms with Gasteiger partial charge in [-0.2, -0.15) is 0 Å². The predicted molar refractivity (Wildman–Crippen MR) is 98.5 cm³/mol. The molecule has 0 saturated carbocycles. The smallest absolute Gasteiger partial charge is 0.244 e. The lowest BCUT2D eigenvalue weighted by molar-refractivity contribution is -0.132. The number of carbonyl (C=O) groups excluding carboxylic acids is 2. The highest BCUT2D eigenvalue weighted by molar-refractivity contribution is 5.99. The lowest BCUT2D eigenvalue weighted by Gasteiger charge is -2.30. The van der Waals surface area contributed by atoms with E-state index in [1.165, 1.54) is 0 Å². The number of carbonyl (C=O) groups is 2. The van der Waals surface area contributed by atoms with Gasteiger partial charge in [0.25, 0.3) is 0 Å². The maximum Gasteiger partial charge on any atom is 0.244 e. The van der Waals surface area contributed by atoms with Crippen LogP contribution in [0.1, 0.15) is 19.8 Å².